The van der Waals surface area contributed by atoms with Crippen LogP contribution in [-0.4, -0.2) is 21.5 Å². The van der Waals surface area contributed by atoms with E-state index in [1.54, 1.807) is 6.08 Å². The minimum absolute atomic E-state index is 0.0682. The molecule has 0 unspecified atom stereocenters. The van der Waals surface area contributed by atoms with E-state index in [2.05, 4.69) is 26.1 Å². The smallest absolute Gasteiger partial charge is 0.270 e. The van der Waals surface area contributed by atoms with Crippen LogP contribution >= 0.6 is 12.2 Å². The first-order valence-corrected chi connectivity index (χ1v) is 9.32. The second-order valence-electron chi connectivity index (χ2n) is 7.41. The van der Waals surface area contributed by atoms with E-state index in [0.29, 0.717) is 5.69 Å². The molecule has 1 aromatic heterocycles. The zero-order valence-electron chi connectivity index (χ0n) is 15.9. The van der Waals surface area contributed by atoms with E-state index in [9.17, 15) is 9.59 Å². The van der Waals surface area contributed by atoms with Gasteiger partial charge in [-0.3, -0.25) is 19.8 Å². The predicted octanol–water partition coefficient (Wildman–Crippen LogP) is 3.64. The van der Waals surface area contributed by atoms with Gasteiger partial charge in [-0.05, 0) is 69.2 Å². The van der Waals surface area contributed by atoms with Crippen molar-refractivity contribution in [1.82, 2.24) is 9.88 Å². The molecular weight excluding hydrogens is 358 g/mol. The summed E-state index contributed by atoms with van der Waals surface area (Å²) in [6.07, 6.45) is 4.32. The highest BCUT2D eigenvalue weighted by Crippen LogP contribution is 2.27. The molecule has 1 aliphatic rings. The number of aryl methyl sites for hydroxylation is 1. The number of anilines is 1. The number of hydrogen-bond acceptors (Lipinski definition) is 3. The molecule has 0 saturated carbocycles. The summed E-state index contributed by atoms with van der Waals surface area (Å²) in [5.41, 5.74) is 2.37. The van der Waals surface area contributed by atoms with Crippen molar-refractivity contribution in [3.8, 4) is 0 Å². The average molecular weight is 382 g/mol. The number of thiocarbonyl (C=S) groups is 1. The van der Waals surface area contributed by atoms with Crippen LogP contribution in [0.15, 0.2) is 48.2 Å². The molecule has 2 amide bonds. The van der Waals surface area contributed by atoms with Crippen molar-refractivity contribution in [2.45, 2.75) is 39.7 Å². The molecule has 3 rings (SSSR count). The normalized spacial score (nSPS) is 16.8. The molecule has 0 aliphatic carbocycles. The molecule has 1 aromatic carbocycles. The Bertz CT molecular complexity index is 950. The van der Waals surface area contributed by atoms with Gasteiger partial charge in [0.2, 0.25) is 0 Å². The van der Waals surface area contributed by atoms with Crippen LogP contribution in [0.1, 0.15) is 39.0 Å². The maximum atomic E-state index is 13.2. The summed E-state index contributed by atoms with van der Waals surface area (Å²) in [4.78, 5) is 27.1. The van der Waals surface area contributed by atoms with Gasteiger partial charge in [0.25, 0.3) is 11.8 Å². The van der Waals surface area contributed by atoms with Gasteiger partial charge in [-0.15, -0.1) is 0 Å². The molecule has 2 aromatic rings. The largest absolute Gasteiger partial charge is 0.343 e. The van der Waals surface area contributed by atoms with Crippen LogP contribution < -0.4 is 10.2 Å². The first-order chi connectivity index (χ1) is 12.7. The van der Waals surface area contributed by atoms with Gasteiger partial charge >= 0.3 is 0 Å². The third-order valence-electron chi connectivity index (χ3n) is 4.51. The number of rotatable bonds is 3. The summed E-state index contributed by atoms with van der Waals surface area (Å²) in [7, 11) is 0. The van der Waals surface area contributed by atoms with Crippen molar-refractivity contribution in [3.63, 3.8) is 0 Å². The Kier molecular flexibility index (Phi) is 5.02. The second-order valence-corrected chi connectivity index (χ2v) is 7.80. The lowest BCUT2D eigenvalue weighted by molar-refractivity contribution is -0.122. The fourth-order valence-electron chi connectivity index (χ4n) is 3.17. The standard InChI is InChI=1S/C21H23N3O2S/c1-5-14-9-6-7-11-17(14)24-19(26)16(18(25)22-20(24)27)13-15-10-8-12-23(15)21(2,3)4/h6-13H,5H2,1-4H3,(H,22,25,27)/b16-13+. The Labute approximate surface area is 164 Å². The fourth-order valence-corrected chi connectivity index (χ4v) is 3.45. The zero-order valence-corrected chi connectivity index (χ0v) is 16.8. The predicted molar refractivity (Wildman–Crippen MR) is 111 cm³/mol. The third kappa shape index (κ3) is 3.57. The van der Waals surface area contributed by atoms with Crippen LogP contribution in [0.3, 0.4) is 0 Å². The minimum Gasteiger partial charge on any atom is -0.343 e. The first-order valence-electron chi connectivity index (χ1n) is 8.91. The van der Waals surface area contributed by atoms with E-state index in [-0.39, 0.29) is 16.2 Å². The van der Waals surface area contributed by atoms with Gasteiger partial charge in [0.05, 0.1) is 5.69 Å². The highest BCUT2D eigenvalue weighted by atomic mass is 32.1. The molecule has 0 radical (unpaired) electrons. The van der Waals surface area contributed by atoms with Crippen LogP contribution in [-0.2, 0) is 21.5 Å². The quantitative estimate of drug-likeness (QED) is 0.502. The maximum Gasteiger partial charge on any atom is 0.270 e. The highest BCUT2D eigenvalue weighted by molar-refractivity contribution is 7.80. The average Bonchev–Trinajstić information content (AvgIpc) is 3.07. The molecule has 1 N–H and O–H groups in total. The Morgan fingerprint density at radius 3 is 2.48 bits per heavy atom. The van der Waals surface area contributed by atoms with E-state index < -0.39 is 11.8 Å². The Morgan fingerprint density at radius 2 is 1.81 bits per heavy atom. The first kappa shape index (κ1) is 19.0. The number of aromatic nitrogens is 1. The summed E-state index contributed by atoms with van der Waals surface area (Å²) < 4.78 is 2.03. The minimum atomic E-state index is -0.475. The Morgan fingerprint density at radius 1 is 1.11 bits per heavy atom. The van der Waals surface area contributed by atoms with Crippen molar-refractivity contribution in [1.29, 1.82) is 0 Å². The van der Waals surface area contributed by atoms with Crippen LogP contribution in [0.2, 0.25) is 0 Å². The van der Waals surface area contributed by atoms with E-state index in [4.69, 9.17) is 12.2 Å². The van der Waals surface area contributed by atoms with Crippen LogP contribution in [0.5, 0.6) is 0 Å². The summed E-state index contributed by atoms with van der Waals surface area (Å²) >= 11 is 5.30. The van der Waals surface area contributed by atoms with E-state index in [0.717, 1.165) is 17.7 Å². The lowest BCUT2D eigenvalue weighted by Crippen LogP contribution is -2.54. The van der Waals surface area contributed by atoms with Gasteiger partial charge in [0.15, 0.2) is 5.11 Å². The molecule has 1 saturated heterocycles. The molecule has 1 aliphatic heterocycles. The molecule has 1 fully saturated rings. The van der Waals surface area contributed by atoms with E-state index >= 15 is 0 Å². The van der Waals surface area contributed by atoms with Crippen molar-refractivity contribution in [3.05, 3.63) is 59.4 Å². The Hall–Kier alpha value is -2.73. The van der Waals surface area contributed by atoms with Gasteiger partial charge in [0.1, 0.15) is 5.57 Å². The van der Waals surface area contributed by atoms with E-state index in [1.807, 2.05) is 54.1 Å². The van der Waals surface area contributed by atoms with Gasteiger partial charge < -0.3 is 4.57 Å². The third-order valence-corrected chi connectivity index (χ3v) is 4.79. The number of hydrogen-bond donors (Lipinski definition) is 1. The summed E-state index contributed by atoms with van der Waals surface area (Å²) in [6, 6.07) is 11.4. The number of carbonyl (C=O) groups excluding carboxylic acids is 2. The summed E-state index contributed by atoms with van der Waals surface area (Å²) in [5.74, 6) is -0.886. The summed E-state index contributed by atoms with van der Waals surface area (Å²) in [5, 5.41) is 2.76. The second kappa shape index (κ2) is 7.12. The molecule has 6 heteroatoms. The molecule has 27 heavy (non-hydrogen) atoms. The number of amides is 2. The van der Waals surface area contributed by atoms with Crippen LogP contribution in [0, 0.1) is 0 Å². The number of para-hydroxylation sites is 1. The molecule has 0 atom stereocenters. The molecule has 0 bridgehead atoms. The SMILES string of the molecule is CCc1ccccc1N1C(=O)/C(=C/c2cccn2C(C)(C)C)C(=O)NC1=S. The number of nitrogens with one attached hydrogen (secondary N) is 1. The van der Waals surface area contributed by atoms with E-state index in [1.165, 1.54) is 4.90 Å². The molecule has 5 nitrogen and oxygen atoms in total. The zero-order chi connectivity index (χ0) is 19.8. The van der Waals surface area contributed by atoms with Crippen molar-refractivity contribution in [2.75, 3.05) is 4.90 Å². The lowest BCUT2D eigenvalue weighted by atomic mass is 10.1. The monoisotopic (exact) mass is 381 g/mol. The van der Waals surface area contributed by atoms with Gasteiger partial charge in [0, 0.05) is 17.4 Å². The summed E-state index contributed by atoms with van der Waals surface area (Å²) in [6.45, 7) is 8.21. The highest BCUT2D eigenvalue weighted by Gasteiger charge is 2.35. The molecule has 140 valence electrons. The Balaban J connectivity index is 2.08. The maximum absolute atomic E-state index is 13.2. The van der Waals surface area contributed by atoms with Crippen molar-refractivity contribution < 1.29 is 9.59 Å². The van der Waals surface area contributed by atoms with Gasteiger partial charge in [-0.25, -0.2) is 0 Å². The van der Waals surface area contributed by atoms with Gasteiger partial charge in [-0.2, -0.15) is 0 Å². The number of benzene rings is 1. The van der Waals surface area contributed by atoms with Crippen molar-refractivity contribution >= 4 is 40.9 Å². The fraction of sp³-hybridized carbons (Fsp3) is 0.286. The van der Waals surface area contributed by atoms with Crippen LogP contribution in [0.4, 0.5) is 5.69 Å². The molecule has 2 heterocycles. The van der Waals surface area contributed by atoms with Gasteiger partial charge in [-0.1, -0.05) is 25.1 Å². The number of nitrogens with zero attached hydrogens (tertiary/aromatic N) is 2. The molecular formula is C21H23N3O2S. The number of carbonyl (C=O) groups is 2. The lowest BCUT2D eigenvalue weighted by Gasteiger charge is -2.30. The topological polar surface area (TPSA) is 54.3 Å². The molecule has 0 spiro atoms. The van der Waals surface area contributed by atoms with Crippen molar-refractivity contribution in [2.24, 2.45) is 0 Å². The van der Waals surface area contributed by atoms with Crippen LogP contribution in [0.25, 0.3) is 6.08 Å².